The summed E-state index contributed by atoms with van der Waals surface area (Å²) in [4.78, 5) is 17.2. The number of fused-ring (bicyclic) bond motifs is 1. The minimum absolute atomic E-state index is 0.0406. The van der Waals surface area contributed by atoms with Crippen molar-refractivity contribution in [1.82, 2.24) is 14.1 Å². The van der Waals surface area contributed by atoms with Crippen molar-refractivity contribution in [2.45, 2.75) is 23.1 Å². The van der Waals surface area contributed by atoms with Gasteiger partial charge in [0.05, 0.1) is 12.6 Å². The molecule has 172 valence electrons. The van der Waals surface area contributed by atoms with Crippen LogP contribution in [0.3, 0.4) is 0 Å². The Hall–Kier alpha value is -2.14. The zero-order valence-corrected chi connectivity index (χ0v) is 19.4. The van der Waals surface area contributed by atoms with E-state index in [9.17, 15) is 13.2 Å². The van der Waals surface area contributed by atoms with Gasteiger partial charge in [-0.2, -0.15) is 4.31 Å². The summed E-state index contributed by atoms with van der Waals surface area (Å²) >= 11 is 1.24. The number of ether oxygens (including phenoxy) is 2. The van der Waals surface area contributed by atoms with E-state index in [-0.39, 0.29) is 11.9 Å². The van der Waals surface area contributed by atoms with E-state index in [1.165, 1.54) is 15.6 Å². The molecule has 2 fully saturated rings. The molecule has 0 spiro atoms. The summed E-state index contributed by atoms with van der Waals surface area (Å²) in [5, 5.41) is 1.77. The summed E-state index contributed by atoms with van der Waals surface area (Å²) in [5.74, 6) is 1.60. The van der Waals surface area contributed by atoms with Gasteiger partial charge in [-0.05, 0) is 42.0 Å². The molecule has 2 saturated heterocycles. The number of carbonyl (C=O) groups excluding carboxylic acids is 1. The van der Waals surface area contributed by atoms with Gasteiger partial charge < -0.3 is 14.4 Å². The summed E-state index contributed by atoms with van der Waals surface area (Å²) in [6.07, 6.45) is 1.90. The SMILES string of the molecule is O=C(CN1CCN(S(=O)(=O)c2cccs2)CC1)N1CCC[C@@H]1c1ccc2c(c1)OCCO2. The predicted octanol–water partition coefficient (Wildman–Crippen LogP) is 2.19. The molecule has 1 atom stereocenters. The van der Waals surface area contributed by atoms with Crippen molar-refractivity contribution in [2.24, 2.45) is 0 Å². The van der Waals surface area contributed by atoms with Crippen LogP contribution < -0.4 is 9.47 Å². The van der Waals surface area contributed by atoms with Crippen LogP contribution >= 0.6 is 11.3 Å². The molecule has 3 aliphatic rings. The second-order valence-corrected chi connectivity index (χ2v) is 11.4. The Balaban J connectivity index is 1.20. The molecule has 1 amide bonds. The van der Waals surface area contributed by atoms with E-state index in [1.54, 1.807) is 17.5 Å². The lowest BCUT2D eigenvalue weighted by Crippen LogP contribution is -2.51. The highest BCUT2D eigenvalue weighted by Crippen LogP contribution is 2.38. The van der Waals surface area contributed by atoms with E-state index in [0.717, 1.165) is 36.4 Å². The third-order valence-corrected chi connectivity index (χ3v) is 9.58. The maximum absolute atomic E-state index is 13.1. The van der Waals surface area contributed by atoms with Crippen molar-refractivity contribution in [1.29, 1.82) is 0 Å². The molecule has 1 aromatic heterocycles. The van der Waals surface area contributed by atoms with Crippen LogP contribution in [-0.2, 0) is 14.8 Å². The largest absolute Gasteiger partial charge is 0.486 e. The molecule has 5 rings (SSSR count). The van der Waals surface area contributed by atoms with Gasteiger partial charge in [0.2, 0.25) is 5.91 Å². The fraction of sp³-hybridized carbons (Fsp3) is 0.500. The number of piperazine rings is 1. The van der Waals surface area contributed by atoms with Crippen LogP contribution in [0.5, 0.6) is 11.5 Å². The summed E-state index contributed by atoms with van der Waals surface area (Å²) in [6.45, 7) is 4.06. The average Bonchev–Trinajstić information content (AvgIpc) is 3.52. The summed E-state index contributed by atoms with van der Waals surface area (Å²) < 4.78 is 38.7. The van der Waals surface area contributed by atoms with Gasteiger partial charge in [-0.1, -0.05) is 12.1 Å². The van der Waals surface area contributed by atoms with Crippen LogP contribution in [0.2, 0.25) is 0 Å². The van der Waals surface area contributed by atoms with E-state index in [2.05, 4.69) is 4.90 Å². The molecule has 0 saturated carbocycles. The van der Waals surface area contributed by atoms with Gasteiger partial charge in [0, 0.05) is 32.7 Å². The van der Waals surface area contributed by atoms with Crippen LogP contribution in [0, 0.1) is 0 Å². The molecule has 1 aromatic carbocycles. The van der Waals surface area contributed by atoms with Crippen molar-refractivity contribution >= 4 is 27.3 Å². The van der Waals surface area contributed by atoms with E-state index in [4.69, 9.17) is 9.47 Å². The Labute approximate surface area is 192 Å². The lowest BCUT2D eigenvalue weighted by molar-refractivity contribution is -0.133. The molecule has 32 heavy (non-hydrogen) atoms. The highest BCUT2D eigenvalue weighted by Gasteiger charge is 2.34. The normalized spacial score (nSPS) is 22.2. The van der Waals surface area contributed by atoms with Crippen LogP contribution in [0.4, 0.5) is 0 Å². The average molecular weight is 478 g/mol. The monoisotopic (exact) mass is 477 g/mol. The fourth-order valence-electron chi connectivity index (χ4n) is 4.63. The van der Waals surface area contributed by atoms with Gasteiger partial charge in [0.1, 0.15) is 17.4 Å². The van der Waals surface area contributed by atoms with E-state index >= 15 is 0 Å². The van der Waals surface area contributed by atoms with E-state index in [1.807, 2.05) is 23.1 Å². The number of hydrogen-bond acceptors (Lipinski definition) is 7. The first-order chi connectivity index (χ1) is 15.5. The molecule has 3 aliphatic heterocycles. The van der Waals surface area contributed by atoms with Crippen molar-refractivity contribution in [3.8, 4) is 11.5 Å². The highest BCUT2D eigenvalue weighted by atomic mass is 32.2. The lowest BCUT2D eigenvalue weighted by atomic mass is 10.0. The van der Waals surface area contributed by atoms with Gasteiger partial charge >= 0.3 is 0 Å². The van der Waals surface area contributed by atoms with Gasteiger partial charge in [-0.25, -0.2) is 8.42 Å². The zero-order chi connectivity index (χ0) is 22.1. The number of carbonyl (C=O) groups is 1. The number of nitrogens with zero attached hydrogens (tertiary/aromatic N) is 3. The van der Waals surface area contributed by atoms with E-state index in [0.29, 0.717) is 50.1 Å². The number of likely N-dealkylation sites (tertiary alicyclic amines) is 1. The molecule has 10 heteroatoms. The number of thiophene rings is 1. The van der Waals surface area contributed by atoms with Gasteiger partial charge in [0.25, 0.3) is 10.0 Å². The first-order valence-electron chi connectivity index (χ1n) is 11.0. The first kappa shape index (κ1) is 21.7. The van der Waals surface area contributed by atoms with E-state index < -0.39 is 10.0 Å². The van der Waals surface area contributed by atoms with Crippen molar-refractivity contribution < 1.29 is 22.7 Å². The number of benzene rings is 1. The molecule has 0 unspecified atom stereocenters. The highest BCUT2D eigenvalue weighted by molar-refractivity contribution is 7.91. The summed E-state index contributed by atoms with van der Waals surface area (Å²) in [6, 6.07) is 9.38. The van der Waals surface area contributed by atoms with Crippen molar-refractivity contribution in [2.75, 3.05) is 52.5 Å². The molecule has 0 radical (unpaired) electrons. The Bertz CT molecular complexity index is 1070. The second kappa shape index (κ2) is 9.01. The molecule has 0 bridgehead atoms. The summed E-state index contributed by atoms with van der Waals surface area (Å²) in [7, 11) is -3.43. The van der Waals surface area contributed by atoms with Gasteiger partial charge in [-0.3, -0.25) is 9.69 Å². The van der Waals surface area contributed by atoms with Crippen molar-refractivity contribution in [3.63, 3.8) is 0 Å². The third kappa shape index (κ3) is 4.24. The fourth-order valence-corrected chi connectivity index (χ4v) is 7.19. The van der Waals surface area contributed by atoms with Crippen LogP contribution in [-0.4, -0.2) is 80.9 Å². The molecule has 0 aliphatic carbocycles. The van der Waals surface area contributed by atoms with Crippen molar-refractivity contribution in [3.05, 3.63) is 41.3 Å². The first-order valence-corrected chi connectivity index (χ1v) is 13.3. The van der Waals surface area contributed by atoms with Gasteiger partial charge in [-0.15, -0.1) is 11.3 Å². The molecular weight excluding hydrogens is 450 g/mol. The lowest BCUT2D eigenvalue weighted by Gasteiger charge is -2.35. The standard InChI is InChI=1S/C22H27N3O5S2/c26-21(16-23-8-10-24(11-9-23)32(27,28)22-4-2-14-31-22)25-7-1-3-18(25)17-5-6-19-20(15-17)30-13-12-29-19/h2,4-6,14-15,18H,1,3,7-13,16H2/t18-/m1/s1. The maximum atomic E-state index is 13.1. The number of rotatable bonds is 5. The molecule has 8 nitrogen and oxygen atoms in total. The minimum atomic E-state index is -3.43. The molecule has 4 heterocycles. The number of amides is 1. The van der Waals surface area contributed by atoms with Gasteiger partial charge in [0.15, 0.2) is 11.5 Å². The topological polar surface area (TPSA) is 79.4 Å². The quantitative estimate of drug-likeness (QED) is 0.657. The Morgan fingerprint density at radius 1 is 1.03 bits per heavy atom. The van der Waals surface area contributed by atoms with Crippen LogP contribution in [0.1, 0.15) is 24.4 Å². The smallest absolute Gasteiger partial charge is 0.252 e. The number of hydrogen-bond donors (Lipinski definition) is 0. The molecule has 2 aromatic rings. The molecule has 0 N–H and O–H groups in total. The second-order valence-electron chi connectivity index (χ2n) is 8.26. The van der Waals surface area contributed by atoms with Crippen LogP contribution in [0.25, 0.3) is 0 Å². The number of sulfonamides is 1. The Morgan fingerprint density at radius 2 is 1.81 bits per heavy atom. The molecular formula is C22H27N3O5S2. The zero-order valence-electron chi connectivity index (χ0n) is 17.8. The Morgan fingerprint density at radius 3 is 2.56 bits per heavy atom. The summed E-state index contributed by atoms with van der Waals surface area (Å²) in [5.41, 5.74) is 1.08. The third-order valence-electron chi connectivity index (χ3n) is 6.30. The maximum Gasteiger partial charge on any atom is 0.252 e. The minimum Gasteiger partial charge on any atom is -0.486 e. The Kier molecular flexibility index (Phi) is 6.11. The van der Waals surface area contributed by atoms with Crippen LogP contribution in [0.15, 0.2) is 39.9 Å². The predicted molar refractivity (Wildman–Crippen MR) is 121 cm³/mol.